The minimum Gasteiger partial charge on any atom is -0.497 e. The largest absolute Gasteiger partial charge is 0.497 e. The number of furan rings is 1. The van der Waals surface area contributed by atoms with E-state index in [0.29, 0.717) is 36.7 Å². The van der Waals surface area contributed by atoms with Gasteiger partial charge in [0.05, 0.1) is 19.9 Å². The van der Waals surface area contributed by atoms with E-state index in [1.54, 1.807) is 54.7 Å². The number of hydrogen-bond donors (Lipinski definition) is 1. The molecule has 0 aliphatic rings. The van der Waals surface area contributed by atoms with E-state index in [-0.39, 0.29) is 25.0 Å². The van der Waals surface area contributed by atoms with E-state index in [4.69, 9.17) is 9.15 Å². The third-order valence-corrected chi connectivity index (χ3v) is 5.10. The molecule has 7 nitrogen and oxygen atoms in total. The van der Waals surface area contributed by atoms with Crippen molar-refractivity contribution in [3.05, 3.63) is 97.0 Å². The number of benzene rings is 2. The maximum Gasteiger partial charge on any atom is 0.322 e. The summed E-state index contributed by atoms with van der Waals surface area (Å²) >= 11 is 0. The molecule has 0 bridgehead atoms. The highest BCUT2D eigenvalue weighted by atomic mass is 16.5. The normalized spacial score (nSPS) is 10.3. The number of carbonyl (C=O) groups excluding carboxylic acids is 2. The van der Waals surface area contributed by atoms with Crippen LogP contribution < -0.4 is 10.1 Å². The molecule has 0 spiro atoms. The second-order valence-electron chi connectivity index (χ2n) is 7.46. The van der Waals surface area contributed by atoms with Crippen LogP contribution in [0.2, 0.25) is 0 Å². The van der Waals surface area contributed by atoms with Gasteiger partial charge in [0, 0.05) is 18.8 Å². The Bertz CT molecular complexity index is 1020. The molecule has 0 aliphatic heterocycles. The van der Waals surface area contributed by atoms with Crippen LogP contribution in [0.5, 0.6) is 5.75 Å². The van der Waals surface area contributed by atoms with Crippen LogP contribution in [0.3, 0.4) is 0 Å². The van der Waals surface area contributed by atoms with Gasteiger partial charge in [-0.2, -0.15) is 0 Å². The average molecular weight is 448 g/mol. The van der Waals surface area contributed by atoms with Crippen molar-refractivity contribution in [3.63, 3.8) is 0 Å². The molecule has 2 aromatic carbocycles. The number of methoxy groups -OCH3 is 1. The van der Waals surface area contributed by atoms with Gasteiger partial charge >= 0.3 is 6.03 Å². The van der Waals surface area contributed by atoms with Crippen molar-refractivity contribution in [2.75, 3.05) is 32.1 Å². The summed E-state index contributed by atoms with van der Waals surface area (Å²) in [5, 5.41) is 2.82. The van der Waals surface area contributed by atoms with Crippen LogP contribution in [0.4, 0.5) is 10.5 Å². The van der Waals surface area contributed by atoms with Crippen LogP contribution in [0.15, 0.2) is 90.1 Å². The molecule has 0 saturated heterocycles. The van der Waals surface area contributed by atoms with Gasteiger partial charge in [-0.1, -0.05) is 36.4 Å². The Kier molecular flexibility index (Phi) is 8.71. The number of nitrogens with zero attached hydrogens (tertiary/aromatic N) is 2. The van der Waals surface area contributed by atoms with Gasteiger partial charge in [0.2, 0.25) is 5.91 Å². The molecule has 33 heavy (non-hydrogen) atoms. The van der Waals surface area contributed by atoms with E-state index in [0.717, 1.165) is 5.56 Å². The van der Waals surface area contributed by atoms with Crippen LogP contribution in [-0.4, -0.2) is 48.5 Å². The minimum atomic E-state index is -0.380. The summed E-state index contributed by atoms with van der Waals surface area (Å²) < 4.78 is 10.6. The van der Waals surface area contributed by atoms with E-state index < -0.39 is 0 Å². The van der Waals surface area contributed by atoms with Crippen LogP contribution >= 0.6 is 0 Å². The number of nitrogens with one attached hydrogen (secondary N) is 1. The van der Waals surface area contributed by atoms with Gasteiger partial charge < -0.3 is 24.3 Å². The molecule has 1 N–H and O–H groups in total. The summed E-state index contributed by atoms with van der Waals surface area (Å²) in [7, 11) is 1.58. The van der Waals surface area contributed by atoms with Gasteiger partial charge in [0.25, 0.3) is 0 Å². The smallest absolute Gasteiger partial charge is 0.322 e. The maximum atomic E-state index is 13.2. The first-order valence-corrected chi connectivity index (χ1v) is 10.7. The molecule has 3 aromatic rings. The molecule has 0 aliphatic carbocycles. The van der Waals surface area contributed by atoms with Crippen molar-refractivity contribution < 1.29 is 18.7 Å². The van der Waals surface area contributed by atoms with Crippen molar-refractivity contribution in [1.82, 2.24) is 9.80 Å². The lowest BCUT2D eigenvalue weighted by Gasteiger charge is -2.27. The fourth-order valence-corrected chi connectivity index (χ4v) is 3.31. The highest BCUT2D eigenvalue weighted by Crippen LogP contribution is 2.16. The lowest BCUT2D eigenvalue weighted by atomic mass is 10.1. The van der Waals surface area contributed by atoms with Crippen molar-refractivity contribution in [2.24, 2.45) is 0 Å². The first-order valence-electron chi connectivity index (χ1n) is 10.7. The Morgan fingerprint density at radius 1 is 1.03 bits per heavy atom. The molecule has 7 heteroatoms. The summed E-state index contributed by atoms with van der Waals surface area (Å²) in [6, 6.07) is 20.2. The van der Waals surface area contributed by atoms with Crippen LogP contribution in [0.25, 0.3) is 0 Å². The molecule has 1 heterocycles. The molecule has 0 saturated carbocycles. The van der Waals surface area contributed by atoms with Crippen LogP contribution in [0, 0.1) is 0 Å². The van der Waals surface area contributed by atoms with Gasteiger partial charge in [-0.15, -0.1) is 6.58 Å². The summed E-state index contributed by atoms with van der Waals surface area (Å²) in [5.74, 6) is 1.21. The number of anilines is 1. The number of urea groups is 1. The summed E-state index contributed by atoms with van der Waals surface area (Å²) in [6.45, 7) is 4.72. The number of ether oxygens (including phenoxy) is 1. The van der Waals surface area contributed by atoms with Gasteiger partial charge in [0.15, 0.2) is 0 Å². The molecular formula is C26H29N3O4. The lowest BCUT2D eigenvalue weighted by Crippen LogP contribution is -2.44. The van der Waals surface area contributed by atoms with Gasteiger partial charge in [0.1, 0.15) is 18.1 Å². The third-order valence-electron chi connectivity index (χ3n) is 5.10. The summed E-state index contributed by atoms with van der Waals surface area (Å²) in [5.41, 5.74) is 1.74. The molecule has 0 radical (unpaired) electrons. The topological polar surface area (TPSA) is 75.0 Å². The first kappa shape index (κ1) is 23.7. The average Bonchev–Trinajstić information content (AvgIpc) is 3.35. The van der Waals surface area contributed by atoms with Gasteiger partial charge in [-0.05, 0) is 48.4 Å². The van der Waals surface area contributed by atoms with Gasteiger partial charge in [-0.25, -0.2) is 4.79 Å². The van der Waals surface area contributed by atoms with Crippen molar-refractivity contribution in [3.8, 4) is 5.75 Å². The number of amides is 3. The fourth-order valence-electron chi connectivity index (χ4n) is 3.31. The fraction of sp³-hybridized carbons (Fsp3) is 0.231. The molecule has 1 aromatic heterocycles. The standard InChI is InChI=1S/C26H29N3O4/c1-3-16-29(26(31)27-22-11-13-23(32-2)14-12-22)20-25(30)28(19-24-10-7-18-33-24)17-15-21-8-5-4-6-9-21/h3-14,18H,1,15-17,19-20H2,2H3,(H,27,31). The lowest BCUT2D eigenvalue weighted by molar-refractivity contribution is -0.132. The van der Waals surface area contributed by atoms with E-state index in [9.17, 15) is 9.59 Å². The predicted molar refractivity (Wildman–Crippen MR) is 128 cm³/mol. The van der Waals surface area contributed by atoms with Crippen LogP contribution in [0.1, 0.15) is 11.3 Å². The highest BCUT2D eigenvalue weighted by Gasteiger charge is 2.21. The SMILES string of the molecule is C=CCN(CC(=O)N(CCc1ccccc1)Cc1ccco1)C(=O)Nc1ccc(OC)cc1. The number of rotatable bonds is 11. The van der Waals surface area contributed by atoms with Crippen molar-refractivity contribution in [1.29, 1.82) is 0 Å². The highest BCUT2D eigenvalue weighted by molar-refractivity contribution is 5.92. The maximum absolute atomic E-state index is 13.2. The molecule has 0 fully saturated rings. The monoisotopic (exact) mass is 447 g/mol. The Hall–Kier alpha value is -4.00. The Morgan fingerprint density at radius 3 is 2.42 bits per heavy atom. The molecule has 172 valence electrons. The van der Waals surface area contributed by atoms with E-state index in [2.05, 4.69) is 11.9 Å². The zero-order valence-electron chi connectivity index (χ0n) is 18.8. The quantitative estimate of drug-likeness (QED) is 0.437. The Morgan fingerprint density at radius 2 is 1.79 bits per heavy atom. The Balaban J connectivity index is 1.67. The zero-order valence-corrected chi connectivity index (χ0v) is 18.8. The van der Waals surface area contributed by atoms with E-state index >= 15 is 0 Å². The zero-order chi connectivity index (χ0) is 23.5. The van der Waals surface area contributed by atoms with Crippen molar-refractivity contribution in [2.45, 2.75) is 13.0 Å². The summed E-state index contributed by atoms with van der Waals surface area (Å²) in [4.78, 5) is 29.2. The second-order valence-corrected chi connectivity index (χ2v) is 7.46. The number of carbonyl (C=O) groups is 2. The summed E-state index contributed by atoms with van der Waals surface area (Å²) in [6.07, 6.45) is 3.88. The Labute approximate surface area is 194 Å². The van der Waals surface area contributed by atoms with E-state index in [1.807, 2.05) is 36.4 Å². The van der Waals surface area contributed by atoms with Crippen LogP contribution in [-0.2, 0) is 17.8 Å². The van der Waals surface area contributed by atoms with Gasteiger partial charge in [-0.3, -0.25) is 4.79 Å². The van der Waals surface area contributed by atoms with E-state index in [1.165, 1.54) is 4.90 Å². The molecule has 3 amide bonds. The molecule has 0 atom stereocenters. The predicted octanol–water partition coefficient (Wildman–Crippen LogP) is 4.58. The van der Waals surface area contributed by atoms with Crippen molar-refractivity contribution >= 4 is 17.6 Å². The molecule has 3 rings (SSSR count). The third kappa shape index (κ3) is 7.28. The molecule has 0 unspecified atom stereocenters. The molecular weight excluding hydrogens is 418 g/mol. The first-order chi connectivity index (χ1) is 16.1. The minimum absolute atomic E-state index is 0.0799. The number of hydrogen-bond acceptors (Lipinski definition) is 4. The second kappa shape index (κ2) is 12.1.